The molecule has 1 heterocycles. The highest BCUT2D eigenvalue weighted by molar-refractivity contribution is 8.14. The van der Waals surface area contributed by atoms with Crippen LogP contribution in [0.5, 0.6) is 0 Å². The highest BCUT2D eigenvalue weighted by Gasteiger charge is 2.13. The van der Waals surface area contributed by atoms with Gasteiger partial charge in [0.2, 0.25) is 5.91 Å². The molecule has 108 valence electrons. The molecule has 0 unspecified atom stereocenters. The second-order valence-electron chi connectivity index (χ2n) is 6.03. The number of carbonyl (C=O) groups is 1. The molecule has 1 amide bonds. The molecule has 4 heteroatoms. The molecule has 0 spiro atoms. The molecule has 0 radical (unpaired) electrons. The molecule has 0 saturated carbocycles. The standard InChI is InChI=1S/C16H22N2OS/c1-16(2,3)13-7-4-12(5-8-13)6-9-14(19)18-15-17-10-11-20-15/h4-5,7-8H,6,9-11H2,1-3H3,(H,17,18,19). The Labute approximate surface area is 125 Å². The number of rotatable bonds is 3. The van der Waals surface area contributed by atoms with Crippen LogP contribution in [0, 0.1) is 0 Å². The zero-order valence-electron chi connectivity index (χ0n) is 12.4. The fraction of sp³-hybridized carbons (Fsp3) is 0.500. The Bertz CT molecular complexity index is 500. The van der Waals surface area contributed by atoms with Gasteiger partial charge in [0.25, 0.3) is 0 Å². The van der Waals surface area contributed by atoms with Crippen molar-refractivity contribution in [1.82, 2.24) is 5.32 Å². The number of hydrogen-bond donors (Lipinski definition) is 1. The summed E-state index contributed by atoms with van der Waals surface area (Å²) < 4.78 is 0. The average molecular weight is 290 g/mol. The van der Waals surface area contributed by atoms with E-state index >= 15 is 0 Å². The number of hydrogen-bond acceptors (Lipinski definition) is 3. The van der Waals surface area contributed by atoms with E-state index in [4.69, 9.17) is 0 Å². The van der Waals surface area contributed by atoms with Gasteiger partial charge in [0, 0.05) is 12.2 Å². The number of thioether (sulfide) groups is 1. The summed E-state index contributed by atoms with van der Waals surface area (Å²) in [5.74, 6) is 1.03. The van der Waals surface area contributed by atoms with Crippen molar-refractivity contribution >= 4 is 22.8 Å². The van der Waals surface area contributed by atoms with Gasteiger partial charge in [-0.3, -0.25) is 9.79 Å². The van der Waals surface area contributed by atoms with E-state index in [2.05, 4.69) is 55.3 Å². The van der Waals surface area contributed by atoms with Gasteiger partial charge in [0.15, 0.2) is 5.17 Å². The smallest absolute Gasteiger partial charge is 0.226 e. The summed E-state index contributed by atoms with van der Waals surface area (Å²) in [7, 11) is 0. The van der Waals surface area contributed by atoms with Crippen molar-refractivity contribution in [3.05, 3.63) is 35.4 Å². The van der Waals surface area contributed by atoms with Crippen LogP contribution >= 0.6 is 11.8 Å². The predicted molar refractivity (Wildman–Crippen MR) is 86.4 cm³/mol. The van der Waals surface area contributed by atoms with Crippen LogP contribution in [0.15, 0.2) is 29.3 Å². The number of aryl methyl sites for hydroxylation is 1. The number of nitrogens with zero attached hydrogens (tertiary/aromatic N) is 1. The first-order chi connectivity index (χ1) is 9.45. The van der Waals surface area contributed by atoms with Gasteiger partial charge in [-0.05, 0) is 23.0 Å². The molecule has 0 fully saturated rings. The molecule has 2 rings (SSSR count). The van der Waals surface area contributed by atoms with Crippen LogP contribution in [-0.4, -0.2) is 23.4 Å². The molecule has 0 aromatic heterocycles. The van der Waals surface area contributed by atoms with Gasteiger partial charge in [-0.25, -0.2) is 0 Å². The largest absolute Gasteiger partial charge is 0.305 e. The first-order valence-corrected chi connectivity index (χ1v) is 8.00. The van der Waals surface area contributed by atoms with Crippen LogP contribution in [0.25, 0.3) is 0 Å². The molecule has 0 atom stereocenters. The summed E-state index contributed by atoms with van der Waals surface area (Å²) in [5, 5.41) is 3.63. The van der Waals surface area contributed by atoms with Gasteiger partial charge < -0.3 is 5.32 Å². The summed E-state index contributed by atoms with van der Waals surface area (Å²) in [4.78, 5) is 16.0. The first-order valence-electron chi connectivity index (χ1n) is 7.02. The van der Waals surface area contributed by atoms with Crippen molar-refractivity contribution in [2.24, 2.45) is 4.99 Å². The van der Waals surface area contributed by atoms with Gasteiger partial charge in [0.1, 0.15) is 0 Å². The lowest BCUT2D eigenvalue weighted by atomic mass is 9.86. The number of aliphatic imine (C=N–C) groups is 1. The second-order valence-corrected chi connectivity index (χ2v) is 7.11. The molecule has 0 saturated heterocycles. The minimum atomic E-state index is 0.0537. The maximum Gasteiger partial charge on any atom is 0.226 e. The molecular formula is C16H22N2OS. The van der Waals surface area contributed by atoms with E-state index in [0.717, 1.165) is 23.9 Å². The lowest BCUT2D eigenvalue weighted by Gasteiger charge is -2.19. The van der Waals surface area contributed by atoms with Gasteiger partial charge in [0.05, 0.1) is 6.54 Å². The van der Waals surface area contributed by atoms with Crippen LogP contribution in [0.3, 0.4) is 0 Å². The average Bonchev–Trinajstić information content (AvgIpc) is 2.88. The molecule has 20 heavy (non-hydrogen) atoms. The first kappa shape index (κ1) is 15.1. The quantitative estimate of drug-likeness (QED) is 0.929. The minimum Gasteiger partial charge on any atom is -0.305 e. The highest BCUT2D eigenvalue weighted by Crippen LogP contribution is 2.22. The SMILES string of the molecule is CC(C)(C)c1ccc(CCC(=O)NC2=NCCS2)cc1. The summed E-state index contributed by atoms with van der Waals surface area (Å²) in [5.41, 5.74) is 2.70. The summed E-state index contributed by atoms with van der Waals surface area (Å²) in [6.07, 6.45) is 1.28. The van der Waals surface area contributed by atoms with Crippen molar-refractivity contribution in [1.29, 1.82) is 0 Å². The van der Waals surface area contributed by atoms with Crippen molar-refractivity contribution in [3.63, 3.8) is 0 Å². The van der Waals surface area contributed by atoms with E-state index in [1.54, 1.807) is 11.8 Å². The lowest BCUT2D eigenvalue weighted by molar-refractivity contribution is -0.119. The predicted octanol–water partition coefficient (Wildman–Crippen LogP) is 3.14. The fourth-order valence-electron chi connectivity index (χ4n) is 2.02. The molecule has 0 aliphatic carbocycles. The Morgan fingerprint density at radius 3 is 2.55 bits per heavy atom. The Kier molecular flexibility index (Phi) is 4.86. The zero-order valence-corrected chi connectivity index (χ0v) is 13.2. The fourth-order valence-corrected chi connectivity index (χ4v) is 2.77. The Hall–Kier alpha value is -1.29. The number of nitrogens with one attached hydrogen (secondary N) is 1. The van der Waals surface area contributed by atoms with Crippen molar-refractivity contribution in [2.45, 2.75) is 39.0 Å². The van der Waals surface area contributed by atoms with Crippen LogP contribution in [-0.2, 0) is 16.6 Å². The van der Waals surface area contributed by atoms with E-state index in [1.807, 2.05) is 0 Å². The topological polar surface area (TPSA) is 41.5 Å². The Balaban J connectivity index is 1.83. The number of benzene rings is 1. The van der Waals surface area contributed by atoms with Gasteiger partial charge in [-0.15, -0.1) is 0 Å². The van der Waals surface area contributed by atoms with Crippen molar-refractivity contribution in [2.75, 3.05) is 12.3 Å². The molecule has 1 N–H and O–H groups in total. The number of amidine groups is 1. The van der Waals surface area contributed by atoms with E-state index in [1.165, 1.54) is 11.1 Å². The van der Waals surface area contributed by atoms with Gasteiger partial charge in [-0.1, -0.05) is 56.8 Å². The molecular weight excluding hydrogens is 268 g/mol. The molecule has 1 aliphatic rings. The van der Waals surface area contributed by atoms with E-state index < -0.39 is 0 Å². The molecule has 1 aromatic rings. The van der Waals surface area contributed by atoms with Crippen molar-refractivity contribution < 1.29 is 4.79 Å². The zero-order chi connectivity index (χ0) is 14.6. The van der Waals surface area contributed by atoms with Crippen LogP contribution < -0.4 is 5.32 Å². The molecule has 3 nitrogen and oxygen atoms in total. The third-order valence-electron chi connectivity index (χ3n) is 3.29. The number of amides is 1. The van der Waals surface area contributed by atoms with Crippen molar-refractivity contribution in [3.8, 4) is 0 Å². The third-order valence-corrected chi connectivity index (χ3v) is 4.18. The van der Waals surface area contributed by atoms with E-state index in [-0.39, 0.29) is 11.3 Å². The van der Waals surface area contributed by atoms with Gasteiger partial charge >= 0.3 is 0 Å². The lowest BCUT2D eigenvalue weighted by Crippen LogP contribution is -2.27. The normalized spacial score (nSPS) is 15.1. The molecule has 0 bridgehead atoms. The summed E-state index contributed by atoms with van der Waals surface area (Å²) in [6, 6.07) is 8.56. The maximum absolute atomic E-state index is 11.8. The summed E-state index contributed by atoms with van der Waals surface area (Å²) in [6.45, 7) is 7.43. The second kappa shape index (κ2) is 6.44. The summed E-state index contributed by atoms with van der Waals surface area (Å²) >= 11 is 1.62. The van der Waals surface area contributed by atoms with Crippen LogP contribution in [0.1, 0.15) is 38.3 Å². The minimum absolute atomic E-state index is 0.0537. The van der Waals surface area contributed by atoms with Crippen LogP contribution in [0.4, 0.5) is 0 Å². The Morgan fingerprint density at radius 2 is 2.00 bits per heavy atom. The van der Waals surface area contributed by atoms with E-state index in [9.17, 15) is 4.79 Å². The Morgan fingerprint density at radius 1 is 1.30 bits per heavy atom. The monoisotopic (exact) mass is 290 g/mol. The third kappa shape index (κ3) is 4.37. The number of carbonyl (C=O) groups excluding carboxylic acids is 1. The van der Waals surface area contributed by atoms with Crippen LogP contribution in [0.2, 0.25) is 0 Å². The maximum atomic E-state index is 11.8. The molecule has 1 aromatic carbocycles. The molecule has 1 aliphatic heterocycles. The van der Waals surface area contributed by atoms with Gasteiger partial charge in [-0.2, -0.15) is 0 Å². The highest BCUT2D eigenvalue weighted by atomic mass is 32.2. The van der Waals surface area contributed by atoms with E-state index in [0.29, 0.717) is 6.42 Å².